The molecule has 2 aliphatic rings. The Bertz CT molecular complexity index is 1220. The van der Waals surface area contributed by atoms with Gasteiger partial charge in [-0.05, 0) is 13.2 Å². The molecular weight excluding hydrogens is 482 g/mol. The molecule has 1 fully saturated rings. The van der Waals surface area contributed by atoms with E-state index in [1.807, 2.05) is 6.26 Å². The molecule has 4 heterocycles. The van der Waals surface area contributed by atoms with Crippen LogP contribution in [0.2, 0.25) is 0 Å². The zero-order valence-electron chi connectivity index (χ0n) is 19.7. The number of anilines is 2. The second-order valence-corrected chi connectivity index (χ2v) is 9.02. The van der Waals surface area contributed by atoms with E-state index in [-0.39, 0.29) is 19.1 Å². The van der Waals surface area contributed by atoms with E-state index in [0.29, 0.717) is 27.7 Å². The summed E-state index contributed by atoms with van der Waals surface area (Å²) in [5, 5.41) is 6.78. The molecule has 1 saturated heterocycles. The van der Waals surface area contributed by atoms with Crippen molar-refractivity contribution >= 4 is 58.1 Å². The van der Waals surface area contributed by atoms with Crippen LogP contribution >= 0.6 is 11.8 Å². The van der Waals surface area contributed by atoms with E-state index in [1.54, 1.807) is 17.7 Å². The quantitative estimate of drug-likeness (QED) is 0.249. The molecule has 0 bridgehead atoms. The van der Waals surface area contributed by atoms with E-state index in [9.17, 15) is 19.2 Å². The summed E-state index contributed by atoms with van der Waals surface area (Å²) >= 11 is 1.30. The van der Waals surface area contributed by atoms with Crippen molar-refractivity contribution in [3.63, 3.8) is 0 Å². The highest BCUT2D eigenvalue weighted by Gasteiger charge is 2.60. The number of aromatic nitrogens is 3. The highest BCUT2D eigenvalue weighted by atomic mass is 32.2. The zero-order valence-corrected chi connectivity index (χ0v) is 20.6. The second-order valence-electron chi connectivity index (χ2n) is 8.25. The largest absolute Gasteiger partial charge is 0.463 e. The predicted molar refractivity (Wildman–Crippen MR) is 123 cm³/mol. The number of thioether (sulfide) groups is 1. The van der Waals surface area contributed by atoms with Crippen molar-refractivity contribution in [3.05, 3.63) is 6.20 Å². The number of carbonyl (C=O) groups is 4. The molecule has 1 unspecified atom stereocenters. The minimum atomic E-state index is -1.54. The number of amides is 1. The number of rotatable bonds is 6. The maximum atomic E-state index is 12.3. The number of carbonyl (C=O) groups excluding carboxylic acids is 4. The topological polar surface area (TPSA) is 160 Å². The summed E-state index contributed by atoms with van der Waals surface area (Å²) in [7, 11) is 0. The van der Waals surface area contributed by atoms with Crippen LogP contribution in [0.1, 0.15) is 33.9 Å². The van der Waals surface area contributed by atoms with Gasteiger partial charge >= 0.3 is 17.9 Å². The van der Waals surface area contributed by atoms with Gasteiger partial charge in [-0.1, -0.05) is 11.8 Å². The third-order valence-electron chi connectivity index (χ3n) is 5.58. The lowest BCUT2D eigenvalue weighted by molar-refractivity contribution is -0.184. The standard InChI is InChI=1S/C21H25N5O8S/c1-9(27)31-8-13-16(32-10(2)28)21(4,34-11(3)29)19(33-13)26-7-12-15-17(22-6-14(30)23-12)24-20(35-5)25-18(15)26/h7,13,16,19H,6,8H2,1-5H3,(H,23,30)(H,22,24,25)/t13-,16-,19?,21+/m1/s1. The van der Waals surface area contributed by atoms with Gasteiger partial charge in [0, 0.05) is 27.0 Å². The molecule has 14 heteroatoms. The van der Waals surface area contributed by atoms with Crippen LogP contribution < -0.4 is 10.6 Å². The van der Waals surface area contributed by atoms with Gasteiger partial charge in [0.05, 0.1) is 17.6 Å². The molecule has 2 aromatic heterocycles. The molecule has 0 spiro atoms. The Labute approximate surface area is 204 Å². The fourth-order valence-corrected chi connectivity index (χ4v) is 4.68. The molecule has 13 nitrogen and oxygen atoms in total. The Morgan fingerprint density at radius 1 is 1.23 bits per heavy atom. The summed E-state index contributed by atoms with van der Waals surface area (Å²) in [6.07, 6.45) is 0.268. The minimum absolute atomic E-state index is 0.0265. The van der Waals surface area contributed by atoms with Crippen molar-refractivity contribution in [2.75, 3.05) is 30.0 Å². The molecule has 0 saturated carbocycles. The number of nitrogens with one attached hydrogen (secondary N) is 2. The maximum absolute atomic E-state index is 12.3. The first-order chi connectivity index (χ1) is 16.5. The first-order valence-corrected chi connectivity index (χ1v) is 11.9. The lowest BCUT2D eigenvalue weighted by Gasteiger charge is -2.34. The van der Waals surface area contributed by atoms with Gasteiger partial charge in [-0.15, -0.1) is 0 Å². The van der Waals surface area contributed by atoms with Crippen molar-refractivity contribution in [1.82, 2.24) is 14.5 Å². The number of hydrogen-bond donors (Lipinski definition) is 2. The highest BCUT2D eigenvalue weighted by Crippen LogP contribution is 2.46. The third-order valence-corrected chi connectivity index (χ3v) is 6.13. The van der Waals surface area contributed by atoms with Crippen LogP contribution in [-0.4, -0.2) is 75.6 Å². The van der Waals surface area contributed by atoms with Gasteiger partial charge in [-0.3, -0.25) is 23.7 Å². The minimum Gasteiger partial charge on any atom is -0.463 e. The molecule has 1 amide bonds. The summed E-state index contributed by atoms with van der Waals surface area (Å²) < 4.78 is 24.2. The monoisotopic (exact) mass is 507 g/mol. The van der Waals surface area contributed by atoms with Gasteiger partial charge in [0.2, 0.25) is 5.91 Å². The molecule has 0 aliphatic carbocycles. The molecule has 4 atom stereocenters. The Morgan fingerprint density at radius 3 is 2.60 bits per heavy atom. The number of esters is 3. The lowest BCUT2D eigenvalue weighted by atomic mass is 9.95. The van der Waals surface area contributed by atoms with Crippen LogP contribution in [0, 0.1) is 0 Å². The summed E-state index contributed by atoms with van der Waals surface area (Å²) in [6, 6.07) is 0. The van der Waals surface area contributed by atoms with Crippen LogP contribution in [0.15, 0.2) is 11.4 Å². The van der Waals surface area contributed by atoms with E-state index in [4.69, 9.17) is 18.9 Å². The highest BCUT2D eigenvalue weighted by molar-refractivity contribution is 7.98. The molecule has 2 aromatic rings. The van der Waals surface area contributed by atoms with Crippen molar-refractivity contribution < 1.29 is 38.1 Å². The van der Waals surface area contributed by atoms with Crippen molar-refractivity contribution in [2.24, 2.45) is 0 Å². The van der Waals surface area contributed by atoms with Gasteiger partial charge in [-0.2, -0.15) is 0 Å². The van der Waals surface area contributed by atoms with Crippen LogP contribution in [-0.2, 0) is 38.1 Å². The number of nitrogens with zero attached hydrogens (tertiary/aromatic N) is 3. The SMILES string of the molecule is CSc1nc2c3c(cn(C4O[C@H](COC(C)=O)[C@@H](OC(C)=O)[C@]4(C)OC(C)=O)c3n1)NC(=O)CN2. The molecule has 0 aromatic carbocycles. The molecule has 0 radical (unpaired) electrons. The van der Waals surface area contributed by atoms with Crippen LogP contribution in [0.5, 0.6) is 0 Å². The predicted octanol–water partition coefficient (Wildman–Crippen LogP) is 1.23. The third kappa shape index (κ3) is 4.62. The average Bonchev–Trinajstić information content (AvgIpc) is 3.18. The average molecular weight is 508 g/mol. The molecule has 2 N–H and O–H groups in total. The Hall–Kier alpha value is -3.39. The van der Waals surface area contributed by atoms with Crippen LogP contribution in [0.4, 0.5) is 11.5 Å². The van der Waals surface area contributed by atoms with Gasteiger partial charge in [-0.25, -0.2) is 9.97 Å². The van der Waals surface area contributed by atoms with Crippen LogP contribution in [0.25, 0.3) is 11.0 Å². The molecular formula is C21H25N5O8S. The molecule has 188 valence electrons. The van der Waals surface area contributed by atoms with Gasteiger partial charge in [0.15, 0.2) is 28.7 Å². The van der Waals surface area contributed by atoms with E-state index in [0.717, 1.165) is 0 Å². The second kappa shape index (κ2) is 9.34. The first kappa shape index (κ1) is 24.7. The van der Waals surface area contributed by atoms with E-state index < -0.39 is 41.9 Å². The Kier molecular flexibility index (Phi) is 6.60. The maximum Gasteiger partial charge on any atom is 0.303 e. The van der Waals surface area contributed by atoms with Gasteiger partial charge < -0.3 is 29.6 Å². The van der Waals surface area contributed by atoms with Gasteiger partial charge in [0.1, 0.15) is 18.5 Å². The normalized spacial score (nSPS) is 25.4. The fraction of sp³-hybridized carbons (Fsp3) is 0.524. The number of hydrogen-bond acceptors (Lipinski definition) is 12. The fourth-order valence-electron chi connectivity index (χ4n) is 4.32. The summed E-state index contributed by atoms with van der Waals surface area (Å²) in [5.74, 6) is -1.66. The molecule has 2 aliphatic heterocycles. The summed E-state index contributed by atoms with van der Waals surface area (Å²) in [6.45, 7) is 5.01. The Balaban J connectivity index is 1.90. The van der Waals surface area contributed by atoms with Gasteiger partial charge in [0.25, 0.3) is 0 Å². The smallest absolute Gasteiger partial charge is 0.303 e. The first-order valence-electron chi connectivity index (χ1n) is 10.7. The zero-order chi connectivity index (χ0) is 25.5. The van der Waals surface area contributed by atoms with E-state index in [1.165, 1.54) is 32.5 Å². The van der Waals surface area contributed by atoms with Crippen LogP contribution in [0.3, 0.4) is 0 Å². The summed E-state index contributed by atoms with van der Waals surface area (Å²) in [4.78, 5) is 56.9. The van der Waals surface area contributed by atoms with Crippen molar-refractivity contribution in [1.29, 1.82) is 0 Å². The molecule has 35 heavy (non-hydrogen) atoms. The van der Waals surface area contributed by atoms with Crippen molar-refractivity contribution in [2.45, 2.75) is 56.9 Å². The van der Waals surface area contributed by atoms with Crippen molar-refractivity contribution in [3.8, 4) is 0 Å². The van der Waals surface area contributed by atoms with E-state index in [2.05, 4.69) is 20.6 Å². The van der Waals surface area contributed by atoms with E-state index >= 15 is 0 Å². The number of ether oxygens (including phenoxy) is 4. The lowest BCUT2D eigenvalue weighted by Crippen LogP contribution is -2.50. The molecule has 4 rings (SSSR count). The summed E-state index contributed by atoms with van der Waals surface area (Å²) in [5.41, 5.74) is -0.724. The Morgan fingerprint density at radius 2 is 1.97 bits per heavy atom.